The van der Waals surface area contributed by atoms with Crippen LogP contribution in [0.3, 0.4) is 0 Å². The lowest BCUT2D eigenvalue weighted by atomic mass is 9.74. The number of rotatable bonds is 7. The van der Waals surface area contributed by atoms with Gasteiger partial charge in [-0.15, -0.1) is 0 Å². The fourth-order valence-corrected chi connectivity index (χ4v) is 1.76. The zero-order chi connectivity index (χ0) is 15.4. The Morgan fingerprint density at radius 2 is 2.00 bits per heavy atom. The maximum absolute atomic E-state index is 11.3. The van der Waals surface area contributed by atoms with Crippen molar-refractivity contribution < 1.29 is 14.6 Å². The summed E-state index contributed by atoms with van der Waals surface area (Å²) in [6.07, 6.45) is 0. The summed E-state index contributed by atoms with van der Waals surface area (Å²) in [7, 11) is 0. The Bertz CT molecular complexity index is 472. The van der Waals surface area contributed by atoms with Crippen LogP contribution < -0.4 is 10.1 Å². The van der Waals surface area contributed by atoms with E-state index in [4.69, 9.17) is 16.3 Å². The number of ether oxygens (including phenoxy) is 1. The van der Waals surface area contributed by atoms with E-state index in [1.165, 1.54) is 0 Å². The number of benzene rings is 1. The van der Waals surface area contributed by atoms with E-state index in [-0.39, 0.29) is 0 Å². The van der Waals surface area contributed by atoms with Gasteiger partial charge in [-0.3, -0.25) is 4.79 Å². The minimum Gasteiger partial charge on any atom is -0.492 e. The highest BCUT2D eigenvalue weighted by Crippen LogP contribution is 2.30. The van der Waals surface area contributed by atoms with E-state index in [0.29, 0.717) is 23.9 Å². The monoisotopic (exact) mass is 299 g/mol. The quantitative estimate of drug-likeness (QED) is 0.759. The third-order valence-corrected chi connectivity index (χ3v) is 4.07. The van der Waals surface area contributed by atoms with E-state index < -0.39 is 16.9 Å². The summed E-state index contributed by atoms with van der Waals surface area (Å²) < 4.78 is 5.56. The van der Waals surface area contributed by atoms with Crippen molar-refractivity contribution in [1.29, 1.82) is 0 Å². The first-order valence-electron chi connectivity index (χ1n) is 6.53. The topological polar surface area (TPSA) is 58.6 Å². The van der Waals surface area contributed by atoms with Crippen LogP contribution >= 0.6 is 11.6 Å². The van der Waals surface area contributed by atoms with Gasteiger partial charge < -0.3 is 15.2 Å². The number of hydrogen-bond acceptors (Lipinski definition) is 3. The normalized spacial score (nSPS) is 12.2. The highest BCUT2D eigenvalue weighted by molar-refractivity contribution is 6.30. The number of nitrogens with one attached hydrogen (secondary N) is 1. The molecule has 1 aromatic carbocycles. The van der Waals surface area contributed by atoms with Gasteiger partial charge in [0, 0.05) is 17.1 Å². The number of carboxylic acid groups (broad SMARTS) is 1. The van der Waals surface area contributed by atoms with Gasteiger partial charge in [-0.05, 0) is 45.9 Å². The van der Waals surface area contributed by atoms with Crippen molar-refractivity contribution in [3.63, 3.8) is 0 Å². The summed E-state index contributed by atoms with van der Waals surface area (Å²) in [5.41, 5.74) is -1.42. The largest absolute Gasteiger partial charge is 0.492 e. The zero-order valence-electron chi connectivity index (χ0n) is 12.4. The molecule has 2 N–H and O–H groups in total. The van der Waals surface area contributed by atoms with Gasteiger partial charge in [0.1, 0.15) is 12.4 Å². The smallest absolute Gasteiger partial charge is 0.310 e. The third kappa shape index (κ3) is 4.12. The standard InChI is InChI=1S/C15H22ClNO3/c1-14(2,13(18)19)15(3,4)17-8-9-20-12-7-5-6-11(16)10-12/h5-7,10,17H,8-9H2,1-4H3,(H,18,19). The van der Waals surface area contributed by atoms with Crippen LogP contribution in [-0.2, 0) is 4.79 Å². The van der Waals surface area contributed by atoms with Crippen LogP contribution in [0.2, 0.25) is 5.02 Å². The van der Waals surface area contributed by atoms with Crippen molar-refractivity contribution in [2.24, 2.45) is 5.41 Å². The maximum Gasteiger partial charge on any atom is 0.310 e. The average Bonchev–Trinajstić information content (AvgIpc) is 2.34. The lowest BCUT2D eigenvalue weighted by Crippen LogP contribution is -2.55. The molecule has 0 aliphatic heterocycles. The molecule has 0 saturated carbocycles. The van der Waals surface area contributed by atoms with Crippen molar-refractivity contribution in [2.45, 2.75) is 33.2 Å². The molecule has 0 spiro atoms. The second-order valence-electron chi connectivity index (χ2n) is 5.79. The second-order valence-corrected chi connectivity index (χ2v) is 6.22. The van der Waals surface area contributed by atoms with E-state index in [0.717, 1.165) is 0 Å². The molecule has 20 heavy (non-hydrogen) atoms. The van der Waals surface area contributed by atoms with Crippen LogP contribution in [0.25, 0.3) is 0 Å². The van der Waals surface area contributed by atoms with E-state index in [2.05, 4.69) is 5.32 Å². The van der Waals surface area contributed by atoms with Gasteiger partial charge >= 0.3 is 5.97 Å². The summed E-state index contributed by atoms with van der Waals surface area (Å²) >= 11 is 5.86. The van der Waals surface area contributed by atoms with E-state index in [1.807, 2.05) is 26.0 Å². The van der Waals surface area contributed by atoms with Gasteiger partial charge in [-0.1, -0.05) is 17.7 Å². The molecule has 0 bridgehead atoms. The molecule has 0 atom stereocenters. The number of hydrogen-bond donors (Lipinski definition) is 2. The van der Waals surface area contributed by atoms with Crippen LogP contribution in [0.1, 0.15) is 27.7 Å². The average molecular weight is 300 g/mol. The van der Waals surface area contributed by atoms with Crippen molar-refractivity contribution in [3.8, 4) is 5.75 Å². The van der Waals surface area contributed by atoms with Crippen LogP contribution in [0.5, 0.6) is 5.75 Å². The Morgan fingerprint density at radius 1 is 1.35 bits per heavy atom. The summed E-state index contributed by atoms with van der Waals surface area (Å²) in [4.78, 5) is 11.3. The SMILES string of the molecule is CC(C)(NCCOc1cccc(Cl)c1)C(C)(C)C(=O)O. The Morgan fingerprint density at radius 3 is 2.55 bits per heavy atom. The van der Waals surface area contributed by atoms with Crippen molar-refractivity contribution in [1.82, 2.24) is 5.32 Å². The Hall–Kier alpha value is -1.26. The highest BCUT2D eigenvalue weighted by atomic mass is 35.5. The van der Waals surface area contributed by atoms with Crippen LogP contribution in [0.15, 0.2) is 24.3 Å². The molecule has 112 valence electrons. The van der Waals surface area contributed by atoms with Crippen LogP contribution in [-0.4, -0.2) is 29.8 Å². The highest BCUT2D eigenvalue weighted by Gasteiger charge is 2.42. The first kappa shape index (κ1) is 16.8. The number of halogens is 1. The van der Waals surface area contributed by atoms with E-state index in [9.17, 15) is 9.90 Å². The van der Waals surface area contributed by atoms with Crippen molar-refractivity contribution >= 4 is 17.6 Å². The minimum absolute atomic E-state index is 0.444. The molecule has 0 aromatic heterocycles. The molecule has 1 rings (SSSR count). The Labute approximate surface area is 125 Å². The maximum atomic E-state index is 11.3. The lowest BCUT2D eigenvalue weighted by Gasteiger charge is -2.39. The van der Waals surface area contributed by atoms with Crippen LogP contribution in [0, 0.1) is 5.41 Å². The molecular formula is C15H22ClNO3. The molecular weight excluding hydrogens is 278 g/mol. The van der Waals surface area contributed by atoms with Crippen LogP contribution in [0.4, 0.5) is 0 Å². The fourth-order valence-electron chi connectivity index (χ4n) is 1.58. The second kappa shape index (κ2) is 6.46. The molecule has 0 radical (unpaired) electrons. The molecule has 0 aliphatic rings. The molecule has 0 unspecified atom stereocenters. The Kier molecular flexibility index (Phi) is 5.42. The van der Waals surface area contributed by atoms with Gasteiger partial charge in [-0.2, -0.15) is 0 Å². The van der Waals surface area contributed by atoms with Gasteiger partial charge in [0.15, 0.2) is 0 Å². The molecule has 0 aliphatic carbocycles. The first-order valence-corrected chi connectivity index (χ1v) is 6.91. The number of carboxylic acids is 1. The molecule has 0 fully saturated rings. The predicted molar refractivity (Wildman–Crippen MR) is 80.4 cm³/mol. The van der Waals surface area contributed by atoms with Gasteiger partial charge in [0.25, 0.3) is 0 Å². The summed E-state index contributed by atoms with van der Waals surface area (Å²) in [5, 5.41) is 13.1. The molecule has 0 amide bonds. The number of aliphatic carboxylic acids is 1. The van der Waals surface area contributed by atoms with Gasteiger partial charge in [-0.25, -0.2) is 0 Å². The molecule has 0 saturated heterocycles. The molecule has 0 heterocycles. The molecule has 1 aromatic rings. The summed E-state index contributed by atoms with van der Waals surface area (Å²) in [5.74, 6) is -0.125. The fraction of sp³-hybridized carbons (Fsp3) is 0.533. The summed E-state index contributed by atoms with van der Waals surface area (Å²) in [6, 6.07) is 7.18. The zero-order valence-corrected chi connectivity index (χ0v) is 13.1. The van der Waals surface area contributed by atoms with E-state index >= 15 is 0 Å². The molecule has 5 heteroatoms. The van der Waals surface area contributed by atoms with Gasteiger partial charge in [0.2, 0.25) is 0 Å². The Balaban J connectivity index is 2.46. The summed E-state index contributed by atoms with van der Waals surface area (Å²) in [6.45, 7) is 8.16. The van der Waals surface area contributed by atoms with Crippen molar-refractivity contribution in [3.05, 3.63) is 29.3 Å². The lowest BCUT2D eigenvalue weighted by molar-refractivity contribution is -0.151. The van der Waals surface area contributed by atoms with E-state index in [1.54, 1.807) is 26.0 Å². The number of carbonyl (C=O) groups is 1. The predicted octanol–water partition coefficient (Wildman–Crippen LogP) is 3.20. The van der Waals surface area contributed by atoms with Crippen molar-refractivity contribution in [2.75, 3.05) is 13.2 Å². The minimum atomic E-state index is -0.872. The molecule has 4 nitrogen and oxygen atoms in total. The first-order chi connectivity index (χ1) is 9.17. The third-order valence-electron chi connectivity index (χ3n) is 3.83. The van der Waals surface area contributed by atoms with Gasteiger partial charge in [0.05, 0.1) is 5.41 Å².